The van der Waals surface area contributed by atoms with Gasteiger partial charge in [-0.3, -0.25) is 4.79 Å². The number of benzene rings is 1. The number of ether oxygens (including phenoxy) is 1. The summed E-state index contributed by atoms with van der Waals surface area (Å²) in [5.41, 5.74) is 0.817. The number of aryl methyl sites for hydroxylation is 1. The summed E-state index contributed by atoms with van der Waals surface area (Å²) in [4.78, 5) is 11.4. The third-order valence-corrected chi connectivity index (χ3v) is 4.78. The number of hydrogen-bond donors (Lipinski definition) is 1. The molecule has 1 aromatic carbocycles. The predicted molar refractivity (Wildman–Crippen MR) is 88.8 cm³/mol. The van der Waals surface area contributed by atoms with Crippen LogP contribution in [0.25, 0.3) is 0 Å². The van der Waals surface area contributed by atoms with Crippen molar-refractivity contribution in [3.63, 3.8) is 0 Å². The number of carboxylic acids is 1. The maximum absolute atomic E-state index is 11.4. The van der Waals surface area contributed by atoms with Crippen LogP contribution in [0.3, 0.4) is 0 Å². The molecule has 0 aliphatic carbocycles. The van der Waals surface area contributed by atoms with Gasteiger partial charge in [0.05, 0.1) is 24.7 Å². The molecule has 1 unspecified atom stereocenters. The van der Waals surface area contributed by atoms with Gasteiger partial charge < -0.3 is 19.2 Å². The lowest BCUT2D eigenvalue weighted by atomic mass is 9.65. The summed E-state index contributed by atoms with van der Waals surface area (Å²) in [5, 5.41) is 9.35. The molecular weight excluding hydrogens is 295 g/mol. The van der Waals surface area contributed by atoms with Crippen molar-refractivity contribution in [2.24, 2.45) is 0 Å². The largest absolute Gasteiger partial charge is 0.496 e. The van der Waals surface area contributed by atoms with E-state index in [-0.39, 0.29) is 6.42 Å². The summed E-state index contributed by atoms with van der Waals surface area (Å²) in [6.07, 6.45) is -0.0867. The lowest BCUT2D eigenvalue weighted by molar-refractivity contribution is -0.137. The van der Waals surface area contributed by atoms with Crippen LogP contribution in [0.1, 0.15) is 51.1 Å². The fourth-order valence-corrected chi connectivity index (χ4v) is 2.74. The van der Waals surface area contributed by atoms with E-state index in [0.717, 1.165) is 11.1 Å². The Morgan fingerprint density at radius 3 is 2.30 bits per heavy atom. The second-order valence-electron chi connectivity index (χ2n) is 7.07. The Labute approximate surface area is 138 Å². The van der Waals surface area contributed by atoms with Crippen molar-refractivity contribution in [3.8, 4) is 5.75 Å². The highest BCUT2D eigenvalue weighted by Crippen LogP contribution is 2.43. The summed E-state index contributed by atoms with van der Waals surface area (Å²) in [5.74, 6) is -0.687. The minimum absolute atomic E-state index is 0.0867. The van der Waals surface area contributed by atoms with Crippen molar-refractivity contribution >= 4 is 13.1 Å². The molecule has 5 nitrogen and oxygen atoms in total. The highest BCUT2D eigenvalue weighted by atomic mass is 16.7. The van der Waals surface area contributed by atoms with Crippen LogP contribution in [0, 0.1) is 6.92 Å². The number of aliphatic carboxylic acids is 1. The zero-order valence-electron chi connectivity index (χ0n) is 14.7. The summed E-state index contributed by atoms with van der Waals surface area (Å²) < 4.78 is 17.6. The smallest absolute Gasteiger partial charge is 0.466 e. The molecule has 0 radical (unpaired) electrons. The highest BCUT2D eigenvalue weighted by Gasteiger charge is 2.54. The number of rotatable bonds is 5. The van der Waals surface area contributed by atoms with Crippen LogP contribution in [-0.4, -0.2) is 36.5 Å². The molecule has 1 saturated heterocycles. The van der Waals surface area contributed by atoms with E-state index in [1.54, 1.807) is 7.11 Å². The monoisotopic (exact) mass is 320 g/mol. The van der Waals surface area contributed by atoms with Crippen LogP contribution in [0.4, 0.5) is 0 Å². The Morgan fingerprint density at radius 1 is 1.26 bits per heavy atom. The maximum Gasteiger partial charge on any atom is 0.466 e. The van der Waals surface area contributed by atoms with E-state index >= 15 is 0 Å². The molecule has 6 heteroatoms. The van der Waals surface area contributed by atoms with Gasteiger partial charge >= 0.3 is 13.1 Å². The molecule has 0 spiro atoms. The van der Waals surface area contributed by atoms with Gasteiger partial charge in [0.2, 0.25) is 0 Å². The molecule has 1 aromatic rings. The van der Waals surface area contributed by atoms with Gasteiger partial charge in [0, 0.05) is 5.82 Å². The van der Waals surface area contributed by atoms with Crippen LogP contribution >= 0.6 is 0 Å². The number of methoxy groups -OCH3 is 1. The summed E-state index contributed by atoms with van der Waals surface area (Å²) in [6.45, 7) is 9.79. The summed E-state index contributed by atoms with van der Waals surface area (Å²) in [7, 11) is 0.947. The van der Waals surface area contributed by atoms with E-state index in [4.69, 9.17) is 14.0 Å². The average molecular weight is 320 g/mol. The van der Waals surface area contributed by atoms with E-state index in [9.17, 15) is 9.90 Å². The molecule has 2 rings (SSSR count). The van der Waals surface area contributed by atoms with E-state index in [2.05, 4.69) is 0 Å². The van der Waals surface area contributed by atoms with Crippen LogP contribution < -0.4 is 4.74 Å². The maximum atomic E-state index is 11.4. The van der Waals surface area contributed by atoms with Crippen LogP contribution in [-0.2, 0) is 14.1 Å². The number of hydrogen-bond acceptors (Lipinski definition) is 4. The van der Waals surface area contributed by atoms with Gasteiger partial charge in [-0.2, -0.15) is 0 Å². The van der Waals surface area contributed by atoms with Crippen molar-refractivity contribution in [3.05, 3.63) is 29.3 Å². The minimum Gasteiger partial charge on any atom is -0.496 e. The van der Waals surface area contributed by atoms with E-state index in [1.807, 2.05) is 52.8 Å². The van der Waals surface area contributed by atoms with Crippen LogP contribution in [0.15, 0.2) is 18.2 Å². The van der Waals surface area contributed by atoms with Gasteiger partial charge in [-0.05, 0) is 46.2 Å². The van der Waals surface area contributed by atoms with Gasteiger partial charge in [0.15, 0.2) is 0 Å². The van der Waals surface area contributed by atoms with Gasteiger partial charge in [-0.25, -0.2) is 0 Å². The normalized spacial score (nSPS) is 20.3. The second kappa shape index (κ2) is 6.17. The standard InChI is InChI=1S/C17H25BO5/c1-11-7-8-14(21-6)12(9-11)13(10-15(19)20)18-22-16(2,3)17(4,5)23-18/h7-9,13H,10H2,1-6H3,(H,19,20). The first-order valence-corrected chi connectivity index (χ1v) is 7.79. The Morgan fingerprint density at radius 2 is 1.83 bits per heavy atom. The third kappa shape index (κ3) is 3.53. The lowest BCUT2D eigenvalue weighted by Gasteiger charge is -2.32. The average Bonchev–Trinajstić information content (AvgIpc) is 2.64. The van der Waals surface area contributed by atoms with Crippen molar-refractivity contribution in [1.82, 2.24) is 0 Å². The molecule has 23 heavy (non-hydrogen) atoms. The predicted octanol–water partition coefficient (Wildman–Crippen LogP) is 3.19. The molecule has 0 amide bonds. The zero-order valence-corrected chi connectivity index (χ0v) is 14.7. The minimum atomic E-state index is -0.895. The van der Waals surface area contributed by atoms with Gasteiger partial charge in [-0.1, -0.05) is 17.7 Å². The first-order chi connectivity index (χ1) is 10.6. The highest BCUT2D eigenvalue weighted by molar-refractivity contribution is 6.48. The first kappa shape index (κ1) is 17.8. The molecule has 0 bridgehead atoms. The summed E-state index contributed by atoms with van der Waals surface area (Å²) in [6, 6.07) is 5.73. The Bertz CT molecular complexity index is 581. The fourth-order valence-electron chi connectivity index (χ4n) is 2.74. The van der Waals surface area contributed by atoms with Gasteiger partial charge in [0.1, 0.15) is 5.75 Å². The molecule has 0 saturated carbocycles. The van der Waals surface area contributed by atoms with Gasteiger partial charge in [0.25, 0.3) is 0 Å². The van der Waals surface area contributed by atoms with E-state index < -0.39 is 30.1 Å². The van der Waals surface area contributed by atoms with Crippen LogP contribution in [0.5, 0.6) is 5.75 Å². The van der Waals surface area contributed by atoms with Crippen molar-refractivity contribution < 1.29 is 23.9 Å². The quantitative estimate of drug-likeness (QED) is 0.844. The third-order valence-electron chi connectivity index (χ3n) is 4.78. The Hall–Kier alpha value is -1.53. The SMILES string of the molecule is COc1ccc(C)cc1C(CC(=O)O)B1OC(C)(C)C(C)(C)O1. The van der Waals surface area contributed by atoms with E-state index in [0.29, 0.717) is 5.75 Å². The molecule has 1 atom stereocenters. The number of carbonyl (C=O) groups is 1. The lowest BCUT2D eigenvalue weighted by Crippen LogP contribution is -2.41. The first-order valence-electron chi connectivity index (χ1n) is 7.79. The zero-order chi connectivity index (χ0) is 17.4. The molecule has 1 N–H and O–H groups in total. The number of carboxylic acid groups (broad SMARTS) is 1. The molecule has 1 fully saturated rings. The Kier molecular flexibility index (Phi) is 4.78. The molecule has 126 valence electrons. The second-order valence-corrected chi connectivity index (χ2v) is 7.07. The van der Waals surface area contributed by atoms with E-state index in [1.165, 1.54) is 0 Å². The van der Waals surface area contributed by atoms with Crippen LogP contribution in [0.2, 0.25) is 0 Å². The molecular formula is C17H25BO5. The molecule has 1 aliphatic rings. The molecule has 1 aliphatic heterocycles. The van der Waals surface area contributed by atoms with Crippen molar-refractivity contribution in [2.45, 2.75) is 58.1 Å². The van der Waals surface area contributed by atoms with Gasteiger partial charge in [-0.15, -0.1) is 0 Å². The molecule has 0 aromatic heterocycles. The topological polar surface area (TPSA) is 65.0 Å². The summed E-state index contributed by atoms with van der Waals surface area (Å²) >= 11 is 0. The van der Waals surface area contributed by atoms with Crippen molar-refractivity contribution in [1.29, 1.82) is 0 Å². The van der Waals surface area contributed by atoms with Crippen molar-refractivity contribution in [2.75, 3.05) is 7.11 Å². The molecule has 1 heterocycles. The fraction of sp³-hybridized carbons (Fsp3) is 0.588. The Balaban J connectivity index is 2.43.